The summed E-state index contributed by atoms with van der Waals surface area (Å²) in [5.41, 5.74) is 1.53. The Morgan fingerprint density at radius 2 is 2.29 bits per heavy atom. The van der Waals surface area contributed by atoms with E-state index in [1.165, 1.54) is 6.07 Å². The maximum Gasteiger partial charge on any atom is 0.129 e. The van der Waals surface area contributed by atoms with Gasteiger partial charge in [-0.2, -0.15) is 0 Å². The molecule has 1 saturated heterocycles. The number of nitrogens with one attached hydrogen (secondary N) is 1. The summed E-state index contributed by atoms with van der Waals surface area (Å²) in [6.45, 7) is 7.64. The fraction of sp³-hybridized carbons (Fsp3) is 0.571. The van der Waals surface area contributed by atoms with E-state index in [0.717, 1.165) is 18.5 Å². The van der Waals surface area contributed by atoms with Crippen LogP contribution < -0.4 is 5.32 Å². The van der Waals surface area contributed by atoms with E-state index in [1.807, 2.05) is 13.0 Å². The van der Waals surface area contributed by atoms with Gasteiger partial charge >= 0.3 is 0 Å². The second-order valence-corrected chi connectivity index (χ2v) is 5.07. The summed E-state index contributed by atoms with van der Waals surface area (Å²) in [5, 5.41) is 3.33. The monoisotopic (exact) mass is 237 g/mol. The molecule has 0 aromatic heterocycles. The van der Waals surface area contributed by atoms with E-state index in [9.17, 15) is 4.39 Å². The van der Waals surface area contributed by atoms with Crippen molar-refractivity contribution in [2.45, 2.75) is 38.9 Å². The molecule has 3 heteroatoms. The zero-order valence-corrected chi connectivity index (χ0v) is 10.7. The number of rotatable bonds is 2. The molecule has 17 heavy (non-hydrogen) atoms. The minimum atomic E-state index is -0.195. The molecule has 0 amide bonds. The standard InChI is InChI=1S/C14H20FNO/c1-4-14(3)9-16-8-13(17-14)11-7-10(2)5-6-12(11)15/h5-7,13,16H,4,8-9H2,1-3H3. The smallest absolute Gasteiger partial charge is 0.129 e. The number of benzene rings is 1. The van der Waals surface area contributed by atoms with Crippen LogP contribution in [-0.4, -0.2) is 18.7 Å². The fourth-order valence-electron chi connectivity index (χ4n) is 2.19. The van der Waals surface area contributed by atoms with E-state index >= 15 is 0 Å². The molecule has 0 spiro atoms. The first kappa shape index (κ1) is 12.5. The van der Waals surface area contributed by atoms with Gasteiger partial charge in [-0.3, -0.25) is 0 Å². The third-order valence-electron chi connectivity index (χ3n) is 3.50. The quantitative estimate of drug-likeness (QED) is 0.854. The van der Waals surface area contributed by atoms with Gasteiger partial charge in [-0.15, -0.1) is 0 Å². The molecule has 1 aromatic carbocycles. The molecule has 1 aliphatic rings. The molecule has 2 atom stereocenters. The van der Waals surface area contributed by atoms with E-state index in [-0.39, 0.29) is 17.5 Å². The van der Waals surface area contributed by atoms with E-state index < -0.39 is 0 Å². The highest BCUT2D eigenvalue weighted by Crippen LogP contribution is 2.30. The van der Waals surface area contributed by atoms with E-state index in [2.05, 4.69) is 19.2 Å². The number of hydrogen-bond donors (Lipinski definition) is 1. The Kier molecular flexibility index (Phi) is 3.50. The summed E-state index contributed by atoms with van der Waals surface area (Å²) >= 11 is 0. The average Bonchev–Trinajstić information content (AvgIpc) is 2.32. The third-order valence-corrected chi connectivity index (χ3v) is 3.50. The van der Waals surface area contributed by atoms with Gasteiger partial charge in [-0.1, -0.05) is 24.6 Å². The van der Waals surface area contributed by atoms with Crippen LogP contribution in [0.25, 0.3) is 0 Å². The van der Waals surface area contributed by atoms with Crippen molar-refractivity contribution in [3.8, 4) is 0 Å². The highest BCUT2D eigenvalue weighted by Gasteiger charge is 2.32. The Balaban J connectivity index is 2.24. The molecular weight excluding hydrogens is 217 g/mol. The summed E-state index contributed by atoms with van der Waals surface area (Å²) in [7, 11) is 0. The minimum absolute atomic E-state index is 0.178. The van der Waals surface area contributed by atoms with Crippen molar-refractivity contribution in [3.05, 3.63) is 35.1 Å². The van der Waals surface area contributed by atoms with Crippen LogP contribution in [0.2, 0.25) is 0 Å². The zero-order chi connectivity index (χ0) is 12.5. The first-order valence-electron chi connectivity index (χ1n) is 6.19. The highest BCUT2D eigenvalue weighted by atomic mass is 19.1. The van der Waals surface area contributed by atoms with Crippen LogP contribution in [0.4, 0.5) is 4.39 Å². The molecule has 0 radical (unpaired) electrons. The SMILES string of the molecule is CCC1(C)CNCC(c2cc(C)ccc2F)O1. The van der Waals surface area contributed by atoms with Crippen molar-refractivity contribution < 1.29 is 9.13 Å². The lowest BCUT2D eigenvalue weighted by Gasteiger charge is -2.39. The van der Waals surface area contributed by atoms with Gasteiger partial charge in [-0.25, -0.2) is 4.39 Å². The van der Waals surface area contributed by atoms with Crippen LogP contribution in [0.5, 0.6) is 0 Å². The summed E-state index contributed by atoms with van der Waals surface area (Å²) < 4.78 is 19.8. The predicted molar refractivity (Wildman–Crippen MR) is 66.5 cm³/mol. The van der Waals surface area contributed by atoms with Gasteiger partial charge in [0, 0.05) is 18.7 Å². The average molecular weight is 237 g/mol. The topological polar surface area (TPSA) is 21.3 Å². The zero-order valence-electron chi connectivity index (χ0n) is 10.7. The van der Waals surface area contributed by atoms with Crippen molar-refractivity contribution in [2.75, 3.05) is 13.1 Å². The van der Waals surface area contributed by atoms with Crippen LogP contribution in [0.1, 0.15) is 37.5 Å². The maximum atomic E-state index is 13.8. The molecule has 1 N–H and O–H groups in total. The number of ether oxygens (including phenoxy) is 1. The molecular formula is C14H20FNO. The molecule has 1 heterocycles. The van der Waals surface area contributed by atoms with Crippen molar-refractivity contribution >= 4 is 0 Å². The lowest BCUT2D eigenvalue weighted by Crippen LogP contribution is -2.48. The number of halogens is 1. The molecule has 94 valence electrons. The molecule has 2 rings (SSSR count). The Morgan fingerprint density at radius 3 is 3.00 bits per heavy atom. The molecule has 2 nitrogen and oxygen atoms in total. The van der Waals surface area contributed by atoms with Crippen LogP contribution in [0, 0.1) is 12.7 Å². The van der Waals surface area contributed by atoms with E-state index in [4.69, 9.17) is 4.74 Å². The van der Waals surface area contributed by atoms with Gasteiger partial charge in [0.15, 0.2) is 0 Å². The van der Waals surface area contributed by atoms with Gasteiger partial charge in [0.25, 0.3) is 0 Å². The van der Waals surface area contributed by atoms with Crippen molar-refractivity contribution in [1.29, 1.82) is 0 Å². The first-order valence-corrected chi connectivity index (χ1v) is 6.19. The minimum Gasteiger partial charge on any atom is -0.365 e. The second kappa shape index (κ2) is 4.75. The predicted octanol–water partition coefficient (Wildman–Crippen LogP) is 2.96. The van der Waals surface area contributed by atoms with E-state index in [1.54, 1.807) is 6.07 Å². The van der Waals surface area contributed by atoms with Crippen LogP contribution >= 0.6 is 0 Å². The lowest BCUT2D eigenvalue weighted by atomic mass is 9.98. The van der Waals surface area contributed by atoms with Crippen LogP contribution in [0.3, 0.4) is 0 Å². The molecule has 2 unspecified atom stereocenters. The normalized spacial score (nSPS) is 29.3. The Labute approximate surface area is 102 Å². The fourth-order valence-corrected chi connectivity index (χ4v) is 2.19. The third kappa shape index (κ3) is 2.67. The van der Waals surface area contributed by atoms with E-state index in [0.29, 0.717) is 12.1 Å². The maximum absolute atomic E-state index is 13.8. The second-order valence-electron chi connectivity index (χ2n) is 5.07. The molecule has 1 aromatic rings. The van der Waals surface area contributed by atoms with Gasteiger partial charge in [0.1, 0.15) is 5.82 Å². The summed E-state index contributed by atoms with van der Waals surface area (Å²) in [4.78, 5) is 0. The number of hydrogen-bond acceptors (Lipinski definition) is 2. The molecule has 0 aliphatic carbocycles. The lowest BCUT2D eigenvalue weighted by molar-refractivity contribution is -0.110. The van der Waals surface area contributed by atoms with Crippen LogP contribution in [0.15, 0.2) is 18.2 Å². The van der Waals surface area contributed by atoms with Gasteiger partial charge < -0.3 is 10.1 Å². The molecule has 1 fully saturated rings. The van der Waals surface area contributed by atoms with Crippen LogP contribution in [-0.2, 0) is 4.74 Å². The highest BCUT2D eigenvalue weighted by molar-refractivity contribution is 5.26. The first-order chi connectivity index (χ1) is 8.04. The van der Waals surface area contributed by atoms with Crippen molar-refractivity contribution in [2.24, 2.45) is 0 Å². The summed E-state index contributed by atoms with van der Waals surface area (Å²) in [6, 6.07) is 5.18. The summed E-state index contributed by atoms with van der Waals surface area (Å²) in [6.07, 6.45) is 0.734. The molecule has 0 bridgehead atoms. The Morgan fingerprint density at radius 1 is 1.53 bits per heavy atom. The Hall–Kier alpha value is -0.930. The van der Waals surface area contributed by atoms with Gasteiger partial charge in [0.2, 0.25) is 0 Å². The van der Waals surface area contributed by atoms with Crippen molar-refractivity contribution in [3.63, 3.8) is 0 Å². The largest absolute Gasteiger partial charge is 0.365 e. The Bertz CT molecular complexity index is 407. The number of aryl methyl sites for hydroxylation is 1. The van der Waals surface area contributed by atoms with Crippen molar-refractivity contribution in [1.82, 2.24) is 5.32 Å². The summed E-state index contributed by atoms with van der Waals surface area (Å²) in [5.74, 6) is -0.178. The molecule has 0 saturated carbocycles. The number of morpholine rings is 1. The molecule has 1 aliphatic heterocycles. The van der Waals surface area contributed by atoms with Gasteiger partial charge in [-0.05, 0) is 26.3 Å². The van der Waals surface area contributed by atoms with Gasteiger partial charge in [0.05, 0.1) is 11.7 Å².